The third kappa shape index (κ3) is 3.63. The molecule has 0 unspecified atom stereocenters. The lowest BCUT2D eigenvalue weighted by atomic mass is 10.1. The number of hydrogen-bond donors (Lipinski definition) is 2. The SMILES string of the molecule is Cc1cc(C(=O)Nc2ccc(CCN)cc2)ccn1. The van der Waals surface area contributed by atoms with Crippen LogP contribution in [0, 0.1) is 6.92 Å². The Morgan fingerprint density at radius 1 is 1.26 bits per heavy atom. The van der Waals surface area contributed by atoms with Crippen molar-refractivity contribution < 1.29 is 4.79 Å². The second-order valence-electron chi connectivity index (χ2n) is 4.38. The van der Waals surface area contributed by atoms with Crippen molar-refractivity contribution in [3.8, 4) is 0 Å². The predicted octanol–water partition coefficient (Wildman–Crippen LogP) is 2.14. The van der Waals surface area contributed by atoms with Gasteiger partial charge in [0.05, 0.1) is 0 Å². The van der Waals surface area contributed by atoms with Gasteiger partial charge in [-0.15, -0.1) is 0 Å². The molecule has 0 spiro atoms. The molecule has 19 heavy (non-hydrogen) atoms. The number of nitrogens with zero attached hydrogens (tertiary/aromatic N) is 1. The number of anilines is 1. The number of aromatic nitrogens is 1. The highest BCUT2D eigenvalue weighted by atomic mass is 16.1. The van der Waals surface area contributed by atoms with Gasteiger partial charge in [-0.25, -0.2) is 0 Å². The molecular formula is C15H17N3O. The Bertz CT molecular complexity index is 564. The van der Waals surface area contributed by atoms with Crippen LogP contribution in [0.3, 0.4) is 0 Å². The van der Waals surface area contributed by atoms with Gasteiger partial charge in [-0.1, -0.05) is 12.1 Å². The number of pyridine rings is 1. The Kier molecular flexibility index (Phi) is 4.26. The van der Waals surface area contributed by atoms with Crippen molar-refractivity contribution in [3.05, 3.63) is 59.4 Å². The number of aryl methyl sites for hydroxylation is 1. The fourth-order valence-corrected chi connectivity index (χ4v) is 1.81. The molecule has 0 bridgehead atoms. The predicted molar refractivity (Wildman–Crippen MR) is 76.1 cm³/mol. The number of benzene rings is 1. The minimum absolute atomic E-state index is 0.128. The minimum atomic E-state index is -0.128. The number of carbonyl (C=O) groups excluding carboxylic acids is 1. The molecule has 3 N–H and O–H groups in total. The van der Waals surface area contributed by atoms with Crippen LogP contribution in [0.25, 0.3) is 0 Å². The number of amides is 1. The Morgan fingerprint density at radius 3 is 2.63 bits per heavy atom. The van der Waals surface area contributed by atoms with E-state index in [4.69, 9.17) is 5.73 Å². The number of rotatable bonds is 4. The summed E-state index contributed by atoms with van der Waals surface area (Å²) in [5.74, 6) is -0.128. The van der Waals surface area contributed by atoms with Crippen molar-refractivity contribution >= 4 is 11.6 Å². The zero-order chi connectivity index (χ0) is 13.7. The van der Waals surface area contributed by atoms with Gasteiger partial charge in [-0.05, 0) is 49.7 Å². The zero-order valence-electron chi connectivity index (χ0n) is 10.9. The lowest BCUT2D eigenvalue weighted by Gasteiger charge is -2.06. The first kappa shape index (κ1) is 13.2. The van der Waals surface area contributed by atoms with Gasteiger partial charge in [0.2, 0.25) is 0 Å². The number of nitrogens with one attached hydrogen (secondary N) is 1. The van der Waals surface area contributed by atoms with E-state index >= 15 is 0 Å². The molecular weight excluding hydrogens is 238 g/mol. The van der Waals surface area contributed by atoms with Gasteiger partial charge < -0.3 is 11.1 Å². The summed E-state index contributed by atoms with van der Waals surface area (Å²) >= 11 is 0. The number of nitrogens with two attached hydrogens (primary N) is 1. The van der Waals surface area contributed by atoms with Gasteiger partial charge in [-0.3, -0.25) is 9.78 Å². The number of carbonyl (C=O) groups is 1. The summed E-state index contributed by atoms with van der Waals surface area (Å²) in [5.41, 5.74) is 8.87. The van der Waals surface area contributed by atoms with Crippen LogP contribution >= 0.6 is 0 Å². The smallest absolute Gasteiger partial charge is 0.255 e. The molecule has 0 aliphatic heterocycles. The van der Waals surface area contributed by atoms with Crippen LogP contribution in [0.5, 0.6) is 0 Å². The monoisotopic (exact) mass is 255 g/mol. The maximum absolute atomic E-state index is 12.0. The third-order valence-electron chi connectivity index (χ3n) is 2.80. The summed E-state index contributed by atoms with van der Waals surface area (Å²) in [6.45, 7) is 2.49. The van der Waals surface area contributed by atoms with E-state index in [9.17, 15) is 4.79 Å². The van der Waals surface area contributed by atoms with Crippen LogP contribution in [0.2, 0.25) is 0 Å². The molecule has 1 amide bonds. The van der Waals surface area contributed by atoms with Crippen molar-refractivity contribution in [2.45, 2.75) is 13.3 Å². The van der Waals surface area contributed by atoms with Crippen LogP contribution in [-0.2, 0) is 6.42 Å². The second kappa shape index (κ2) is 6.11. The molecule has 0 atom stereocenters. The summed E-state index contributed by atoms with van der Waals surface area (Å²) in [7, 11) is 0. The van der Waals surface area contributed by atoms with Gasteiger partial charge in [0.1, 0.15) is 0 Å². The summed E-state index contributed by atoms with van der Waals surface area (Å²) in [6, 6.07) is 11.2. The van der Waals surface area contributed by atoms with Gasteiger partial charge in [0.25, 0.3) is 5.91 Å². The van der Waals surface area contributed by atoms with E-state index in [0.29, 0.717) is 12.1 Å². The minimum Gasteiger partial charge on any atom is -0.330 e. The van der Waals surface area contributed by atoms with Crippen LogP contribution in [0.4, 0.5) is 5.69 Å². The first-order chi connectivity index (χ1) is 9.19. The van der Waals surface area contributed by atoms with Crippen LogP contribution in [0.1, 0.15) is 21.6 Å². The van der Waals surface area contributed by atoms with E-state index in [1.165, 1.54) is 5.56 Å². The molecule has 1 aromatic heterocycles. The Hall–Kier alpha value is -2.20. The zero-order valence-corrected chi connectivity index (χ0v) is 10.9. The van der Waals surface area contributed by atoms with Gasteiger partial charge in [-0.2, -0.15) is 0 Å². The summed E-state index contributed by atoms with van der Waals surface area (Å²) < 4.78 is 0. The average molecular weight is 255 g/mol. The van der Waals surface area contributed by atoms with Gasteiger partial charge >= 0.3 is 0 Å². The van der Waals surface area contributed by atoms with Crippen molar-refractivity contribution in [2.24, 2.45) is 5.73 Å². The van der Waals surface area contributed by atoms with Gasteiger partial charge in [0.15, 0.2) is 0 Å². The van der Waals surface area contributed by atoms with E-state index in [2.05, 4.69) is 10.3 Å². The third-order valence-corrected chi connectivity index (χ3v) is 2.80. The van der Waals surface area contributed by atoms with E-state index in [-0.39, 0.29) is 5.91 Å². The molecule has 4 nitrogen and oxygen atoms in total. The standard InChI is InChI=1S/C15H17N3O/c1-11-10-13(7-9-17-11)15(19)18-14-4-2-12(3-5-14)6-8-16/h2-5,7,9-10H,6,8,16H2,1H3,(H,18,19). The molecule has 0 radical (unpaired) electrons. The molecule has 0 saturated heterocycles. The first-order valence-corrected chi connectivity index (χ1v) is 6.22. The van der Waals surface area contributed by atoms with Crippen LogP contribution in [-0.4, -0.2) is 17.4 Å². The topological polar surface area (TPSA) is 68.0 Å². The average Bonchev–Trinajstić information content (AvgIpc) is 2.41. The largest absolute Gasteiger partial charge is 0.330 e. The van der Waals surface area contributed by atoms with Crippen molar-refractivity contribution in [1.82, 2.24) is 4.98 Å². The lowest BCUT2D eigenvalue weighted by Crippen LogP contribution is -2.12. The maximum Gasteiger partial charge on any atom is 0.255 e. The molecule has 0 fully saturated rings. The normalized spacial score (nSPS) is 10.2. The van der Waals surface area contributed by atoms with E-state index in [0.717, 1.165) is 17.8 Å². The fourth-order valence-electron chi connectivity index (χ4n) is 1.81. The van der Waals surface area contributed by atoms with Gasteiger partial charge in [0, 0.05) is 23.1 Å². The molecule has 0 aliphatic carbocycles. The van der Waals surface area contributed by atoms with E-state index in [1.54, 1.807) is 18.3 Å². The van der Waals surface area contributed by atoms with Crippen LogP contribution < -0.4 is 11.1 Å². The lowest BCUT2D eigenvalue weighted by molar-refractivity contribution is 0.102. The second-order valence-corrected chi connectivity index (χ2v) is 4.38. The maximum atomic E-state index is 12.0. The quantitative estimate of drug-likeness (QED) is 0.879. The van der Waals surface area contributed by atoms with Crippen LogP contribution in [0.15, 0.2) is 42.6 Å². The first-order valence-electron chi connectivity index (χ1n) is 6.22. The Labute approximate surface area is 112 Å². The number of hydrogen-bond acceptors (Lipinski definition) is 3. The Morgan fingerprint density at radius 2 is 2.00 bits per heavy atom. The summed E-state index contributed by atoms with van der Waals surface area (Å²) in [5, 5.41) is 2.86. The summed E-state index contributed by atoms with van der Waals surface area (Å²) in [4.78, 5) is 16.1. The highest BCUT2D eigenvalue weighted by molar-refractivity contribution is 6.04. The fraction of sp³-hybridized carbons (Fsp3) is 0.200. The highest BCUT2D eigenvalue weighted by Gasteiger charge is 2.06. The van der Waals surface area contributed by atoms with Crippen molar-refractivity contribution in [3.63, 3.8) is 0 Å². The molecule has 1 heterocycles. The van der Waals surface area contributed by atoms with Crippen molar-refractivity contribution in [2.75, 3.05) is 11.9 Å². The highest BCUT2D eigenvalue weighted by Crippen LogP contribution is 2.12. The molecule has 2 rings (SSSR count). The molecule has 2 aromatic rings. The Balaban J connectivity index is 2.06. The molecule has 98 valence electrons. The molecule has 0 aliphatic rings. The van der Waals surface area contributed by atoms with Crippen molar-refractivity contribution in [1.29, 1.82) is 0 Å². The van der Waals surface area contributed by atoms with E-state index < -0.39 is 0 Å². The van der Waals surface area contributed by atoms with E-state index in [1.807, 2.05) is 31.2 Å². The molecule has 4 heteroatoms. The summed E-state index contributed by atoms with van der Waals surface area (Å²) in [6.07, 6.45) is 2.48. The molecule has 0 saturated carbocycles. The molecule has 1 aromatic carbocycles.